The highest BCUT2D eigenvalue weighted by atomic mass is 16.5. The van der Waals surface area contributed by atoms with E-state index in [4.69, 9.17) is 4.42 Å². The third-order valence-corrected chi connectivity index (χ3v) is 2.34. The van der Waals surface area contributed by atoms with Crippen molar-refractivity contribution in [3.05, 3.63) is 36.3 Å². The number of hydrogen-bond acceptors (Lipinski definition) is 5. The van der Waals surface area contributed by atoms with Crippen molar-refractivity contribution in [2.45, 2.75) is 13.0 Å². The topological polar surface area (TPSA) is 97.6 Å². The minimum Gasteiger partial charge on any atom is -0.466 e. The molecule has 108 valence electrons. The Hall–Kier alpha value is -2.57. The van der Waals surface area contributed by atoms with Crippen LogP contribution >= 0.6 is 0 Å². The highest BCUT2D eigenvalue weighted by Gasteiger charge is 2.17. The third-order valence-electron chi connectivity index (χ3n) is 2.34. The van der Waals surface area contributed by atoms with Crippen LogP contribution in [0.2, 0.25) is 0 Å². The van der Waals surface area contributed by atoms with Gasteiger partial charge in [0.15, 0.2) is 5.76 Å². The van der Waals surface area contributed by atoms with Gasteiger partial charge < -0.3 is 19.8 Å². The van der Waals surface area contributed by atoms with E-state index in [2.05, 4.69) is 15.4 Å². The molecular formula is C13H16N2O5. The zero-order chi connectivity index (χ0) is 15.0. The molecule has 1 aromatic rings. The van der Waals surface area contributed by atoms with Gasteiger partial charge in [0.1, 0.15) is 6.04 Å². The van der Waals surface area contributed by atoms with Gasteiger partial charge in [-0.15, -0.1) is 0 Å². The Bertz CT molecular complexity index is 493. The summed E-state index contributed by atoms with van der Waals surface area (Å²) < 4.78 is 9.30. The van der Waals surface area contributed by atoms with Crippen LogP contribution in [0.15, 0.2) is 35.0 Å². The Labute approximate surface area is 116 Å². The van der Waals surface area contributed by atoms with Crippen molar-refractivity contribution in [1.29, 1.82) is 0 Å². The first kappa shape index (κ1) is 15.5. The van der Waals surface area contributed by atoms with Gasteiger partial charge in [-0.2, -0.15) is 0 Å². The lowest BCUT2D eigenvalue weighted by Gasteiger charge is -2.12. The lowest BCUT2D eigenvalue weighted by atomic mass is 10.3. The van der Waals surface area contributed by atoms with E-state index in [0.29, 0.717) is 0 Å². The minimum atomic E-state index is -0.723. The van der Waals surface area contributed by atoms with Crippen LogP contribution < -0.4 is 10.6 Å². The van der Waals surface area contributed by atoms with Crippen molar-refractivity contribution in [3.8, 4) is 0 Å². The highest BCUT2D eigenvalue weighted by molar-refractivity contribution is 5.95. The first-order valence-corrected chi connectivity index (χ1v) is 5.91. The van der Waals surface area contributed by atoms with E-state index in [1.807, 2.05) is 0 Å². The van der Waals surface area contributed by atoms with E-state index in [-0.39, 0.29) is 18.2 Å². The molecule has 0 aliphatic rings. The molecule has 0 saturated heterocycles. The van der Waals surface area contributed by atoms with Crippen LogP contribution in [-0.2, 0) is 14.3 Å². The summed E-state index contributed by atoms with van der Waals surface area (Å²) in [6.45, 7) is 1.70. The zero-order valence-corrected chi connectivity index (χ0v) is 11.2. The number of amides is 2. The fraction of sp³-hybridized carbons (Fsp3) is 0.308. The molecule has 0 aromatic carbocycles. The van der Waals surface area contributed by atoms with Crippen molar-refractivity contribution in [2.75, 3.05) is 13.7 Å². The molecule has 1 aromatic heterocycles. The molecule has 7 heteroatoms. The molecule has 20 heavy (non-hydrogen) atoms. The number of carbonyl (C=O) groups is 3. The number of carbonyl (C=O) groups excluding carboxylic acids is 3. The quantitative estimate of drug-likeness (QED) is 0.574. The van der Waals surface area contributed by atoms with Crippen molar-refractivity contribution in [2.24, 2.45) is 0 Å². The highest BCUT2D eigenvalue weighted by Crippen LogP contribution is 1.99. The van der Waals surface area contributed by atoms with Gasteiger partial charge in [0.25, 0.3) is 5.91 Å². The standard InChI is InChI=1S/C13H16N2O5/c1-9(15-13(18)10-5-4-8-20-10)12(17)14-7-3-6-11(16)19-2/h3-6,8-9H,7H2,1-2H3,(H,14,17)(H,15,18)/b6-3+/t9-/m0/s1. The molecule has 0 unspecified atom stereocenters. The van der Waals surface area contributed by atoms with Gasteiger partial charge in [0.2, 0.25) is 5.91 Å². The van der Waals surface area contributed by atoms with Crippen molar-refractivity contribution in [3.63, 3.8) is 0 Å². The summed E-state index contributed by atoms with van der Waals surface area (Å²) in [5.74, 6) is -1.21. The predicted molar refractivity (Wildman–Crippen MR) is 69.8 cm³/mol. The second-order valence-electron chi connectivity index (χ2n) is 3.84. The van der Waals surface area contributed by atoms with Crippen LogP contribution in [0.4, 0.5) is 0 Å². The lowest BCUT2D eigenvalue weighted by Crippen LogP contribution is -2.44. The average Bonchev–Trinajstić information content (AvgIpc) is 2.96. The summed E-state index contributed by atoms with van der Waals surface area (Å²) in [5, 5.41) is 5.02. The van der Waals surface area contributed by atoms with Gasteiger partial charge in [-0.25, -0.2) is 4.79 Å². The SMILES string of the molecule is COC(=O)/C=C/CNC(=O)[C@H](C)NC(=O)c1ccco1. The van der Waals surface area contributed by atoms with Gasteiger partial charge in [-0.1, -0.05) is 6.08 Å². The Morgan fingerprint density at radius 2 is 2.20 bits per heavy atom. The molecule has 2 N–H and O–H groups in total. The third kappa shape index (κ3) is 4.97. The number of rotatable bonds is 6. The van der Waals surface area contributed by atoms with Crippen molar-refractivity contribution >= 4 is 17.8 Å². The number of esters is 1. The molecule has 0 aliphatic heterocycles. The molecular weight excluding hydrogens is 264 g/mol. The smallest absolute Gasteiger partial charge is 0.330 e. The van der Waals surface area contributed by atoms with Crippen LogP contribution in [-0.4, -0.2) is 37.5 Å². The summed E-state index contributed by atoms with van der Waals surface area (Å²) in [4.78, 5) is 34.1. The number of ether oxygens (including phenoxy) is 1. The van der Waals surface area contributed by atoms with Crippen molar-refractivity contribution < 1.29 is 23.5 Å². The molecule has 0 bridgehead atoms. The predicted octanol–water partition coefficient (Wildman–Crippen LogP) is 0.243. The van der Waals surface area contributed by atoms with E-state index in [0.717, 1.165) is 0 Å². The first-order valence-electron chi connectivity index (χ1n) is 5.91. The summed E-state index contributed by atoms with van der Waals surface area (Å²) in [6, 6.07) is 2.36. The van der Waals surface area contributed by atoms with E-state index in [1.165, 1.54) is 31.6 Å². The molecule has 2 amide bonds. The van der Waals surface area contributed by atoms with Crippen LogP contribution in [0.3, 0.4) is 0 Å². The second kappa shape index (κ2) is 7.78. The Morgan fingerprint density at radius 3 is 2.80 bits per heavy atom. The fourth-order valence-corrected chi connectivity index (χ4v) is 1.28. The van der Waals surface area contributed by atoms with Crippen LogP contribution in [0, 0.1) is 0 Å². The molecule has 1 heterocycles. The van der Waals surface area contributed by atoms with Gasteiger partial charge in [0, 0.05) is 12.6 Å². The number of nitrogens with one attached hydrogen (secondary N) is 2. The monoisotopic (exact) mass is 280 g/mol. The number of methoxy groups -OCH3 is 1. The molecule has 1 atom stereocenters. The van der Waals surface area contributed by atoms with Gasteiger partial charge in [-0.05, 0) is 19.1 Å². The molecule has 0 fully saturated rings. The molecule has 0 saturated carbocycles. The fourth-order valence-electron chi connectivity index (χ4n) is 1.28. The largest absolute Gasteiger partial charge is 0.466 e. The van der Waals surface area contributed by atoms with Gasteiger partial charge in [-0.3, -0.25) is 9.59 Å². The van der Waals surface area contributed by atoms with E-state index < -0.39 is 17.9 Å². The Morgan fingerprint density at radius 1 is 1.45 bits per heavy atom. The maximum Gasteiger partial charge on any atom is 0.330 e. The maximum absolute atomic E-state index is 11.7. The Balaban J connectivity index is 2.34. The zero-order valence-electron chi connectivity index (χ0n) is 11.2. The van der Waals surface area contributed by atoms with E-state index in [1.54, 1.807) is 13.0 Å². The molecule has 0 radical (unpaired) electrons. The van der Waals surface area contributed by atoms with Crippen LogP contribution in [0.5, 0.6) is 0 Å². The molecule has 1 rings (SSSR count). The maximum atomic E-state index is 11.7. The number of furan rings is 1. The summed E-state index contributed by atoms with van der Waals surface area (Å²) in [7, 11) is 1.26. The summed E-state index contributed by atoms with van der Waals surface area (Å²) in [5.41, 5.74) is 0. The van der Waals surface area contributed by atoms with Crippen molar-refractivity contribution in [1.82, 2.24) is 10.6 Å². The second-order valence-corrected chi connectivity index (χ2v) is 3.84. The van der Waals surface area contributed by atoms with Gasteiger partial charge in [0.05, 0.1) is 13.4 Å². The minimum absolute atomic E-state index is 0.134. The molecule has 7 nitrogen and oxygen atoms in total. The Kier molecular flexibility index (Phi) is 6.02. The normalized spacial score (nSPS) is 11.9. The summed E-state index contributed by atoms with van der Waals surface area (Å²) in [6.07, 6.45) is 4.02. The molecule has 0 spiro atoms. The summed E-state index contributed by atoms with van der Waals surface area (Å²) >= 11 is 0. The van der Waals surface area contributed by atoms with E-state index in [9.17, 15) is 14.4 Å². The average molecular weight is 280 g/mol. The van der Waals surface area contributed by atoms with Crippen LogP contribution in [0.25, 0.3) is 0 Å². The molecule has 0 aliphatic carbocycles. The lowest BCUT2D eigenvalue weighted by molar-refractivity contribution is -0.134. The number of hydrogen-bond donors (Lipinski definition) is 2. The van der Waals surface area contributed by atoms with E-state index >= 15 is 0 Å². The van der Waals surface area contributed by atoms with Gasteiger partial charge >= 0.3 is 5.97 Å². The first-order chi connectivity index (χ1) is 9.54. The van der Waals surface area contributed by atoms with Crippen LogP contribution in [0.1, 0.15) is 17.5 Å².